The molecule has 0 aromatic carbocycles. The lowest BCUT2D eigenvalue weighted by atomic mass is 9.59. The molecule has 0 spiro atoms. The molecule has 2 rings (SSSR count). The van der Waals surface area contributed by atoms with Gasteiger partial charge in [0.25, 0.3) is 0 Å². The molecule has 0 bridgehead atoms. The highest BCUT2D eigenvalue weighted by molar-refractivity contribution is 6.11. The van der Waals surface area contributed by atoms with Crippen LogP contribution >= 0.6 is 0 Å². The Morgan fingerprint density at radius 2 is 1.85 bits per heavy atom. The van der Waals surface area contributed by atoms with Crippen LogP contribution in [0.4, 0.5) is 0 Å². The first kappa shape index (κ1) is 15.9. The van der Waals surface area contributed by atoms with Gasteiger partial charge in [-0.2, -0.15) is 0 Å². The second-order valence-electron chi connectivity index (χ2n) is 7.83. The van der Waals surface area contributed by atoms with E-state index in [2.05, 4.69) is 39.5 Å². The smallest absolute Gasteiger partial charge is 0.226 e. The third kappa shape index (κ3) is 2.65. The molecular formula is C17H30BNO. The molecule has 1 heterocycles. The molecule has 1 aliphatic heterocycles. The lowest BCUT2D eigenvalue weighted by molar-refractivity contribution is -0.147. The highest BCUT2D eigenvalue weighted by Crippen LogP contribution is 2.53. The molecule has 112 valence electrons. The van der Waals surface area contributed by atoms with Crippen molar-refractivity contribution in [3.63, 3.8) is 0 Å². The van der Waals surface area contributed by atoms with Gasteiger partial charge >= 0.3 is 0 Å². The molecule has 1 amide bonds. The summed E-state index contributed by atoms with van der Waals surface area (Å²) in [4.78, 5) is 14.9. The van der Waals surface area contributed by atoms with Crippen LogP contribution in [0, 0.1) is 23.2 Å². The predicted molar refractivity (Wildman–Crippen MR) is 84.7 cm³/mol. The Bertz CT molecular complexity index is 368. The molecule has 3 heteroatoms. The zero-order valence-electron chi connectivity index (χ0n) is 13.9. The van der Waals surface area contributed by atoms with E-state index in [9.17, 15) is 4.79 Å². The van der Waals surface area contributed by atoms with Gasteiger partial charge in [-0.1, -0.05) is 39.4 Å². The van der Waals surface area contributed by atoms with E-state index >= 15 is 0 Å². The minimum absolute atomic E-state index is 0.201. The molecule has 20 heavy (non-hydrogen) atoms. The summed E-state index contributed by atoms with van der Waals surface area (Å²) in [7, 11) is 6.32. The fourth-order valence-electron chi connectivity index (χ4n) is 4.48. The Labute approximate surface area is 126 Å². The number of hydrogen-bond acceptors (Lipinski definition) is 1. The van der Waals surface area contributed by atoms with Gasteiger partial charge in [0, 0.05) is 18.5 Å². The van der Waals surface area contributed by atoms with Crippen LogP contribution in [0.2, 0.25) is 5.82 Å². The van der Waals surface area contributed by atoms with Crippen molar-refractivity contribution in [3.8, 4) is 0 Å². The van der Waals surface area contributed by atoms with Gasteiger partial charge in [0.05, 0.1) is 7.85 Å². The van der Waals surface area contributed by atoms with Crippen LogP contribution in [0.3, 0.4) is 0 Å². The van der Waals surface area contributed by atoms with Crippen molar-refractivity contribution >= 4 is 13.8 Å². The molecule has 0 aromatic heterocycles. The van der Waals surface area contributed by atoms with Crippen LogP contribution in [0.25, 0.3) is 0 Å². The minimum Gasteiger partial charge on any atom is -0.340 e. The second kappa shape index (κ2) is 5.73. The molecule has 1 aliphatic carbocycles. The average Bonchev–Trinajstić information content (AvgIpc) is 2.48. The van der Waals surface area contributed by atoms with E-state index in [-0.39, 0.29) is 17.2 Å². The summed E-state index contributed by atoms with van der Waals surface area (Å²) >= 11 is 0. The van der Waals surface area contributed by atoms with Crippen molar-refractivity contribution in [3.05, 3.63) is 0 Å². The standard InChI is InChI=1S/C17H30BNO/c1-11(2)17(5)10-13(18)6-7-14-15(17)8-9-19(12(3)4)16(14)20/h11-15H,6-10H2,1-5H3. The van der Waals surface area contributed by atoms with E-state index < -0.39 is 0 Å². The van der Waals surface area contributed by atoms with E-state index in [0.29, 0.717) is 23.8 Å². The summed E-state index contributed by atoms with van der Waals surface area (Å²) < 4.78 is 0. The number of hydrogen-bond donors (Lipinski definition) is 0. The molecular weight excluding hydrogens is 245 g/mol. The van der Waals surface area contributed by atoms with Crippen LogP contribution < -0.4 is 0 Å². The lowest BCUT2D eigenvalue weighted by Gasteiger charge is -2.49. The van der Waals surface area contributed by atoms with Crippen molar-refractivity contribution in [1.29, 1.82) is 0 Å². The minimum atomic E-state index is 0.201. The maximum atomic E-state index is 12.9. The van der Waals surface area contributed by atoms with Gasteiger partial charge in [0.1, 0.15) is 0 Å². The predicted octanol–water partition coefficient (Wildman–Crippen LogP) is 3.66. The largest absolute Gasteiger partial charge is 0.340 e. The molecule has 2 aliphatic rings. The third-order valence-corrected chi connectivity index (χ3v) is 6.11. The second-order valence-corrected chi connectivity index (χ2v) is 7.83. The van der Waals surface area contributed by atoms with Gasteiger partial charge < -0.3 is 4.90 Å². The maximum Gasteiger partial charge on any atom is 0.226 e. The normalized spacial score (nSPS) is 39.0. The van der Waals surface area contributed by atoms with E-state index in [4.69, 9.17) is 7.85 Å². The van der Waals surface area contributed by atoms with Crippen LogP contribution in [-0.2, 0) is 4.79 Å². The summed E-state index contributed by atoms with van der Waals surface area (Å²) in [5.74, 6) is 1.94. The fourth-order valence-corrected chi connectivity index (χ4v) is 4.48. The first-order chi connectivity index (χ1) is 9.27. The highest BCUT2D eigenvalue weighted by atomic mass is 16.2. The molecule has 4 atom stereocenters. The molecule has 1 saturated heterocycles. The van der Waals surface area contributed by atoms with Gasteiger partial charge in [-0.25, -0.2) is 0 Å². The topological polar surface area (TPSA) is 20.3 Å². The Morgan fingerprint density at radius 1 is 1.20 bits per heavy atom. The zero-order valence-corrected chi connectivity index (χ0v) is 13.9. The molecule has 2 radical (unpaired) electrons. The summed E-state index contributed by atoms with van der Waals surface area (Å²) in [6, 6.07) is 0.325. The summed E-state index contributed by atoms with van der Waals surface area (Å²) in [5, 5.41) is 0. The first-order valence-corrected chi connectivity index (χ1v) is 8.33. The van der Waals surface area contributed by atoms with Crippen molar-refractivity contribution in [2.75, 3.05) is 6.54 Å². The van der Waals surface area contributed by atoms with Crippen LogP contribution in [0.15, 0.2) is 0 Å². The van der Waals surface area contributed by atoms with Crippen LogP contribution in [0.5, 0.6) is 0 Å². The first-order valence-electron chi connectivity index (χ1n) is 8.33. The summed E-state index contributed by atoms with van der Waals surface area (Å²) in [6.07, 6.45) is 4.20. The quantitative estimate of drug-likeness (QED) is 0.704. The number of fused-ring (bicyclic) bond motifs is 1. The summed E-state index contributed by atoms with van der Waals surface area (Å²) in [5.41, 5.74) is 0.208. The van der Waals surface area contributed by atoms with E-state index in [1.807, 2.05) is 0 Å². The number of amides is 1. The molecule has 2 nitrogen and oxygen atoms in total. The van der Waals surface area contributed by atoms with Gasteiger partial charge in [0.15, 0.2) is 0 Å². The lowest BCUT2D eigenvalue weighted by Crippen LogP contribution is -2.52. The third-order valence-electron chi connectivity index (χ3n) is 6.11. The van der Waals surface area contributed by atoms with Gasteiger partial charge in [-0.15, -0.1) is 0 Å². The van der Waals surface area contributed by atoms with Gasteiger partial charge in [-0.3, -0.25) is 4.79 Å². The number of piperidine rings is 1. The zero-order chi connectivity index (χ0) is 15.1. The van der Waals surface area contributed by atoms with E-state index in [0.717, 1.165) is 32.2 Å². The van der Waals surface area contributed by atoms with Crippen molar-refractivity contribution in [2.24, 2.45) is 23.2 Å². The maximum absolute atomic E-state index is 12.9. The number of rotatable bonds is 2. The van der Waals surface area contributed by atoms with Gasteiger partial charge in [-0.05, 0) is 43.9 Å². The number of carbonyl (C=O) groups is 1. The average molecular weight is 275 g/mol. The molecule has 4 unspecified atom stereocenters. The fraction of sp³-hybridized carbons (Fsp3) is 0.941. The molecule has 1 saturated carbocycles. The molecule has 2 fully saturated rings. The number of carbonyl (C=O) groups excluding carboxylic acids is 1. The van der Waals surface area contributed by atoms with Crippen LogP contribution in [-0.4, -0.2) is 31.2 Å². The van der Waals surface area contributed by atoms with E-state index in [1.54, 1.807) is 0 Å². The number of likely N-dealkylation sites (tertiary alicyclic amines) is 1. The van der Waals surface area contributed by atoms with Crippen molar-refractivity contribution in [1.82, 2.24) is 4.90 Å². The molecule has 0 aromatic rings. The van der Waals surface area contributed by atoms with Crippen molar-refractivity contribution in [2.45, 2.75) is 72.2 Å². The SMILES string of the molecule is [B]C1CCC2C(=O)N(C(C)C)CCC2C(C)(C(C)C)C1. The monoisotopic (exact) mass is 275 g/mol. The molecule has 0 N–H and O–H groups in total. The highest BCUT2D eigenvalue weighted by Gasteiger charge is 2.49. The van der Waals surface area contributed by atoms with Crippen molar-refractivity contribution < 1.29 is 4.79 Å². The Kier molecular flexibility index (Phi) is 4.56. The van der Waals surface area contributed by atoms with E-state index in [1.165, 1.54) is 0 Å². The summed E-state index contributed by atoms with van der Waals surface area (Å²) in [6.45, 7) is 12.2. The van der Waals surface area contributed by atoms with Crippen LogP contribution in [0.1, 0.15) is 60.3 Å². The van der Waals surface area contributed by atoms with Gasteiger partial charge in [0.2, 0.25) is 5.91 Å². The Morgan fingerprint density at radius 3 is 2.40 bits per heavy atom. The Hall–Kier alpha value is -0.465. The number of nitrogens with zero attached hydrogens (tertiary/aromatic N) is 1. The Balaban J connectivity index is 2.31.